The number of rotatable bonds is 6. The van der Waals surface area contributed by atoms with Crippen LogP contribution in [0.5, 0.6) is 0 Å². The number of hydrogen-bond acceptors (Lipinski definition) is 5. The van der Waals surface area contributed by atoms with Crippen LogP contribution in [0.25, 0.3) is 10.9 Å². The molecule has 3 aromatic rings. The molecule has 7 nitrogen and oxygen atoms in total. The van der Waals surface area contributed by atoms with Crippen molar-refractivity contribution in [3.05, 3.63) is 70.5 Å². The van der Waals surface area contributed by atoms with Gasteiger partial charge in [0, 0.05) is 32.1 Å². The molecule has 29 heavy (non-hydrogen) atoms. The highest BCUT2D eigenvalue weighted by Gasteiger charge is 2.20. The molecule has 1 saturated heterocycles. The maximum absolute atomic E-state index is 12.4. The maximum Gasteiger partial charge on any atom is 0.277 e. The lowest BCUT2D eigenvalue weighted by Gasteiger charge is -2.32. The van der Waals surface area contributed by atoms with E-state index < -0.39 is 0 Å². The number of benzene rings is 2. The summed E-state index contributed by atoms with van der Waals surface area (Å²) in [7, 11) is 0. The normalized spacial score (nSPS) is 15.4. The highest BCUT2D eigenvalue weighted by molar-refractivity contribution is 5.77. The maximum atomic E-state index is 12.4. The van der Waals surface area contributed by atoms with Gasteiger partial charge < -0.3 is 5.32 Å². The van der Waals surface area contributed by atoms with E-state index in [1.807, 2.05) is 12.1 Å². The molecule has 2 heterocycles. The molecular weight excluding hydrogens is 366 g/mol. The summed E-state index contributed by atoms with van der Waals surface area (Å²) in [5, 5.41) is 11.6. The van der Waals surface area contributed by atoms with Crippen molar-refractivity contribution in [3.8, 4) is 0 Å². The van der Waals surface area contributed by atoms with Crippen molar-refractivity contribution in [2.45, 2.75) is 38.4 Å². The minimum atomic E-state index is -0.211. The lowest BCUT2D eigenvalue weighted by Crippen LogP contribution is -2.44. The number of nitrogens with zero attached hydrogens (tertiary/aromatic N) is 4. The molecule has 1 aliphatic heterocycles. The zero-order valence-corrected chi connectivity index (χ0v) is 16.3. The van der Waals surface area contributed by atoms with E-state index in [0.717, 1.165) is 32.5 Å². The molecule has 2 aromatic carbocycles. The van der Waals surface area contributed by atoms with E-state index in [1.165, 1.54) is 10.2 Å². The topological polar surface area (TPSA) is 80.1 Å². The van der Waals surface area contributed by atoms with Gasteiger partial charge in [0.2, 0.25) is 5.91 Å². The van der Waals surface area contributed by atoms with Crippen molar-refractivity contribution in [1.82, 2.24) is 25.2 Å². The van der Waals surface area contributed by atoms with Gasteiger partial charge in [-0.25, -0.2) is 4.68 Å². The summed E-state index contributed by atoms with van der Waals surface area (Å²) in [6.45, 7) is 3.12. The van der Waals surface area contributed by atoms with E-state index >= 15 is 0 Å². The molecule has 1 aliphatic rings. The minimum absolute atomic E-state index is 0.0478. The Labute approximate surface area is 169 Å². The average Bonchev–Trinajstić information content (AvgIpc) is 2.76. The molecule has 0 spiro atoms. The quantitative estimate of drug-likeness (QED) is 0.695. The average molecular weight is 391 g/mol. The Hall–Kier alpha value is -3.06. The van der Waals surface area contributed by atoms with E-state index in [1.54, 1.807) is 18.2 Å². The molecule has 1 amide bonds. The van der Waals surface area contributed by atoms with E-state index in [9.17, 15) is 9.59 Å². The van der Waals surface area contributed by atoms with Gasteiger partial charge in [-0.1, -0.05) is 47.7 Å². The number of carbonyl (C=O) groups excluding carboxylic acids is 1. The third-order valence-corrected chi connectivity index (χ3v) is 5.38. The second kappa shape index (κ2) is 8.96. The Balaban J connectivity index is 1.25. The van der Waals surface area contributed by atoms with Gasteiger partial charge in [-0.05, 0) is 30.5 Å². The van der Waals surface area contributed by atoms with Crippen LogP contribution in [0.1, 0.15) is 24.8 Å². The molecule has 0 unspecified atom stereocenters. The Kier molecular flexibility index (Phi) is 5.95. The van der Waals surface area contributed by atoms with Crippen LogP contribution in [0, 0.1) is 0 Å². The zero-order chi connectivity index (χ0) is 20.1. The van der Waals surface area contributed by atoms with Crippen molar-refractivity contribution in [3.63, 3.8) is 0 Å². The van der Waals surface area contributed by atoms with E-state index in [4.69, 9.17) is 0 Å². The molecule has 1 aromatic heterocycles. The molecule has 1 fully saturated rings. The second-order valence-electron chi connectivity index (χ2n) is 7.49. The molecule has 0 aliphatic carbocycles. The highest BCUT2D eigenvalue weighted by atomic mass is 16.2. The molecule has 0 bridgehead atoms. The van der Waals surface area contributed by atoms with Crippen LogP contribution in [0.4, 0.5) is 0 Å². The summed E-state index contributed by atoms with van der Waals surface area (Å²) in [5.41, 5.74) is 1.68. The molecule has 0 saturated carbocycles. The molecular formula is C22H25N5O2. The first-order valence-electron chi connectivity index (χ1n) is 10.1. The predicted molar refractivity (Wildman–Crippen MR) is 111 cm³/mol. The highest BCUT2D eigenvalue weighted by Crippen LogP contribution is 2.14. The second-order valence-corrected chi connectivity index (χ2v) is 7.49. The fourth-order valence-electron chi connectivity index (χ4n) is 3.75. The van der Waals surface area contributed by atoms with Gasteiger partial charge in [0.05, 0.1) is 11.9 Å². The van der Waals surface area contributed by atoms with Gasteiger partial charge in [-0.15, -0.1) is 5.10 Å². The number of piperidine rings is 1. The number of aromatic nitrogens is 3. The molecule has 150 valence electrons. The van der Waals surface area contributed by atoms with Crippen LogP contribution in [-0.4, -0.2) is 44.9 Å². The first-order valence-corrected chi connectivity index (χ1v) is 10.1. The number of likely N-dealkylation sites (tertiary alicyclic amines) is 1. The van der Waals surface area contributed by atoms with Crippen molar-refractivity contribution in [2.24, 2.45) is 0 Å². The number of fused-ring (bicyclic) bond motifs is 1. The fraction of sp³-hybridized carbons (Fsp3) is 0.364. The predicted octanol–water partition coefficient (Wildman–Crippen LogP) is 1.96. The Morgan fingerprint density at radius 2 is 1.76 bits per heavy atom. The van der Waals surface area contributed by atoms with E-state index in [-0.39, 0.29) is 30.5 Å². The largest absolute Gasteiger partial charge is 0.353 e. The van der Waals surface area contributed by atoms with Crippen molar-refractivity contribution >= 4 is 16.8 Å². The molecule has 0 atom stereocenters. The van der Waals surface area contributed by atoms with E-state index in [0.29, 0.717) is 10.9 Å². The summed E-state index contributed by atoms with van der Waals surface area (Å²) in [6, 6.07) is 17.7. The van der Waals surface area contributed by atoms with Gasteiger partial charge in [0.1, 0.15) is 5.52 Å². The standard InChI is InChI=1S/C22H25N5O2/c28-21(12-15-27-22(29)19-8-4-5-9-20(19)24-25-27)23-18-10-13-26(14-11-18)16-17-6-2-1-3-7-17/h1-9,18H,10-16H2,(H,23,28). The first-order chi connectivity index (χ1) is 14.2. The molecule has 1 N–H and O–H groups in total. The Bertz CT molecular complexity index is 1030. The smallest absolute Gasteiger partial charge is 0.277 e. The fourth-order valence-corrected chi connectivity index (χ4v) is 3.75. The van der Waals surface area contributed by atoms with Crippen molar-refractivity contribution < 1.29 is 4.79 Å². The van der Waals surface area contributed by atoms with Crippen LogP contribution >= 0.6 is 0 Å². The monoisotopic (exact) mass is 391 g/mol. The van der Waals surface area contributed by atoms with Gasteiger partial charge in [0.25, 0.3) is 5.56 Å². The van der Waals surface area contributed by atoms with Gasteiger partial charge in [-0.2, -0.15) is 0 Å². The summed E-state index contributed by atoms with van der Waals surface area (Å²) in [5.74, 6) is -0.0478. The summed E-state index contributed by atoms with van der Waals surface area (Å²) in [6.07, 6.45) is 2.10. The number of carbonyl (C=O) groups is 1. The first kappa shape index (κ1) is 19.3. The van der Waals surface area contributed by atoms with Gasteiger partial charge >= 0.3 is 0 Å². The molecule has 7 heteroatoms. The summed E-state index contributed by atoms with van der Waals surface area (Å²) >= 11 is 0. The summed E-state index contributed by atoms with van der Waals surface area (Å²) < 4.78 is 1.27. The van der Waals surface area contributed by atoms with Crippen LogP contribution in [-0.2, 0) is 17.9 Å². The van der Waals surface area contributed by atoms with Crippen LogP contribution in [0.2, 0.25) is 0 Å². The van der Waals surface area contributed by atoms with Gasteiger partial charge in [-0.3, -0.25) is 14.5 Å². The van der Waals surface area contributed by atoms with Crippen molar-refractivity contribution in [2.75, 3.05) is 13.1 Å². The Morgan fingerprint density at radius 3 is 2.55 bits per heavy atom. The third kappa shape index (κ3) is 4.86. The number of hydrogen-bond donors (Lipinski definition) is 1. The SMILES string of the molecule is O=C(CCn1nnc2ccccc2c1=O)NC1CCN(Cc2ccccc2)CC1. The molecule has 4 rings (SSSR count). The zero-order valence-electron chi connectivity index (χ0n) is 16.3. The summed E-state index contributed by atoms with van der Waals surface area (Å²) in [4.78, 5) is 27.2. The lowest BCUT2D eigenvalue weighted by molar-refractivity contribution is -0.122. The number of nitrogens with one attached hydrogen (secondary N) is 1. The van der Waals surface area contributed by atoms with E-state index in [2.05, 4.69) is 44.8 Å². The number of amides is 1. The van der Waals surface area contributed by atoms with Crippen molar-refractivity contribution in [1.29, 1.82) is 0 Å². The van der Waals surface area contributed by atoms with Crippen LogP contribution < -0.4 is 10.9 Å². The third-order valence-electron chi connectivity index (χ3n) is 5.38. The number of aryl methyl sites for hydroxylation is 1. The Morgan fingerprint density at radius 1 is 1.03 bits per heavy atom. The molecule has 0 radical (unpaired) electrons. The lowest BCUT2D eigenvalue weighted by atomic mass is 10.0. The van der Waals surface area contributed by atoms with Crippen LogP contribution in [0.15, 0.2) is 59.4 Å². The van der Waals surface area contributed by atoms with Crippen LogP contribution in [0.3, 0.4) is 0 Å². The van der Waals surface area contributed by atoms with Gasteiger partial charge in [0.15, 0.2) is 0 Å². The minimum Gasteiger partial charge on any atom is -0.353 e.